The van der Waals surface area contributed by atoms with E-state index >= 15 is 0 Å². The average Bonchev–Trinajstić information content (AvgIpc) is 2.15. The molecule has 0 aliphatic carbocycles. The molecule has 0 bridgehead atoms. The summed E-state index contributed by atoms with van der Waals surface area (Å²) in [7, 11) is 0. The first kappa shape index (κ1) is 9.29. The van der Waals surface area contributed by atoms with E-state index in [0.29, 0.717) is 6.54 Å². The second-order valence-corrected chi connectivity index (χ2v) is 2.58. The van der Waals surface area contributed by atoms with Gasteiger partial charge in [-0.1, -0.05) is 17.3 Å². The molecule has 0 unspecified atom stereocenters. The van der Waals surface area contributed by atoms with Gasteiger partial charge in [0.25, 0.3) is 0 Å². The summed E-state index contributed by atoms with van der Waals surface area (Å²) in [5, 5.41) is 3.37. The number of hydrogen-bond donors (Lipinski definition) is 0. The van der Waals surface area contributed by atoms with Gasteiger partial charge in [-0.3, -0.25) is 4.98 Å². The molecule has 13 heavy (non-hydrogen) atoms. The molecule has 0 radical (unpaired) electrons. The van der Waals surface area contributed by atoms with Crippen LogP contribution < -0.4 is 0 Å². The topological polar surface area (TPSA) is 61.7 Å². The molecule has 0 N–H and O–H groups in total. The van der Waals surface area contributed by atoms with E-state index in [2.05, 4.69) is 15.0 Å². The van der Waals surface area contributed by atoms with Gasteiger partial charge in [-0.15, -0.1) is 0 Å². The highest BCUT2D eigenvalue weighted by atomic mass is 15.1. The summed E-state index contributed by atoms with van der Waals surface area (Å²) in [6.45, 7) is 2.35. The second kappa shape index (κ2) is 4.95. The summed E-state index contributed by atoms with van der Waals surface area (Å²) in [4.78, 5) is 6.79. The first-order valence-corrected chi connectivity index (χ1v) is 3.93. The lowest BCUT2D eigenvalue weighted by molar-refractivity contribution is 1.21. The predicted molar refractivity (Wildman–Crippen MR) is 52.0 cm³/mol. The molecule has 4 heteroatoms. The lowest BCUT2D eigenvalue weighted by Gasteiger charge is -1.92. The Hall–Kier alpha value is -1.80. The zero-order valence-corrected chi connectivity index (χ0v) is 7.38. The van der Waals surface area contributed by atoms with Crippen LogP contribution in [0.4, 0.5) is 0 Å². The number of aryl methyl sites for hydroxylation is 1. The van der Waals surface area contributed by atoms with Gasteiger partial charge in [0.2, 0.25) is 0 Å². The molecule has 0 aliphatic heterocycles. The van der Waals surface area contributed by atoms with Crippen molar-refractivity contribution < 1.29 is 0 Å². The number of hydrogen-bond acceptors (Lipinski definition) is 2. The summed E-state index contributed by atoms with van der Waals surface area (Å²) >= 11 is 0. The Balaban J connectivity index is 2.58. The summed E-state index contributed by atoms with van der Waals surface area (Å²) < 4.78 is 0. The molecule has 0 spiro atoms. The van der Waals surface area contributed by atoms with Crippen LogP contribution in [0.25, 0.3) is 16.5 Å². The maximum atomic E-state index is 8.01. The van der Waals surface area contributed by atoms with Gasteiger partial charge >= 0.3 is 0 Å². The van der Waals surface area contributed by atoms with Gasteiger partial charge in [0, 0.05) is 17.7 Å². The SMILES string of the molecule is Cc1ccc(C=CCN=[N+]=[N-])nc1. The summed E-state index contributed by atoms with van der Waals surface area (Å²) in [6, 6.07) is 3.90. The molecule has 66 valence electrons. The van der Waals surface area contributed by atoms with Crippen LogP contribution in [0.5, 0.6) is 0 Å². The van der Waals surface area contributed by atoms with E-state index in [1.807, 2.05) is 25.1 Å². The van der Waals surface area contributed by atoms with Crippen molar-refractivity contribution in [3.63, 3.8) is 0 Å². The molecule has 0 aliphatic rings. The second-order valence-electron chi connectivity index (χ2n) is 2.58. The smallest absolute Gasteiger partial charge is 0.0626 e. The maximum Gasteiger partial charge on any atom is 0.0626 e. The third-order valence-corrected chi connectivity index (χ3v) is 1.47. The third kappa shape index (κ3) is 3.40. The van der Waals surface area contributed by atoms with Crippen molar-refractivity contribution in [2.75, 3.05) is 6.54 Å². The molecule has 0 amide bonds. The van der Waals surface area contributed by atoms with Gasteiger partial charge in [-0.05, 0) is 30.2 Å². The van der Waals surface area contributed by atoms with Gasteiger partial charge in [0.15, 0.2) is 0 Å². The zero-order valence-electron chi connectivity index (χ0n) is 7.38. The maximum absolute atomic E-state index is 8.01. The Labute approximate surface area is 76.6 Å². The van der Waals surface area contributed by atoms with Crippen LogP contribution in [0.2, 0.25) is 0 Å². The number of nitrogens with zero attached hydrogens (tertiary/aromatic N) is 4. The van der Waals surface area contributed by atoms with Crippen LogP contribution in [0.15, 0.2) is 29.5 Å². The molecular formula is C9H10N4. The Morgan fingerprint density at radius 1 is 1.62 bits per heavy atom. The van der Waals surface area contributed by atoms with Crippen molar-refractivity contribution in [1.29, 1.82) is 0 Å². The van der Waals surface area contributed by atoms with Crippen LogP contribution in [0.3, 0.4) is 0 Å². The highest BCUT2D eigenvalue weighted by molar-refractivity contribution is 5.44. The van der Waals surface area contributed by atoms with Crippen molar-refractivity contribution >= 4 is 6.08 Å². The van der Waals surface area contributed by atoms with Crippen LogP contribution >= 0.6 is 0 Å². The molecule has 1 heterocycles. The highest BCUT2D eigenvalue weighted by Gasteiger charge is 1.86. The molecule has 0 saturated carbocycles. The van der Waals surface area contributed by atoms with E-state index in [9.17, 15) is 0 Å². The van der Waals surface area contributed by atoms with Crippen LogP contribution in [-0.2, 0) is 0 Å². The van der Waals surface area contributed by atoms with Crippen molar-refractivity contribution in [1.82, 2.24) is 4.98 Å². The minimum atomic E-state index is 0.367. The zero-order chi connectivity index (χ0) is 9.52. The quantitative estimate of drug-likeness (QED) is 0.394. The van der Waals surface area contributed by atoms with E-state index in [4.69, 9.17) is 5.53 Å². The van der Waals surface area contributed by atoms with Crippen LogP contribution in [-0.4, -0.2) is 11.5 Å². The number of pyridine rings is 1. The van der Waals surface area contributed by atoms with E-state index in [1.54, 1.807) is 12.3 Å². The minimum absolute atomic E-state index is 0.367. The fourth-order valence-corrected chi connectivity index (χ4v) is 0.835. The van der Waals surface area contributed by atoms with E-state index < -0.39 is 0 Å². The van der Waals surface area contributed by atoms with Gasteiger partial charge < -0.3 is 0 Å². The molecule has 0 aromatic carbocycles. The largest absolute Gasteiger partial charge is 0.257 e. The molecule has 1 aromatic rings. The van der Waals surface area contributed by atoms with Crippen molar-refractivity contribution in [2.24, 2.45) is 5.11 Å². The van der Waals surface area contributed by atoms with Gasteiger partial charge in [-0.2, -0.15) is 0 Å². The fraction of sp³-hybridized carbons (Fsp3) is 0.222. The van der Waals surface area contributed by atoms with Gasteiger partial charge in [-0.25, -0.2) is 0 Å². The lowest BCUT2D eigenvalue weighted by atomic mass is 10.2. The molecular weight excluding hydrogens is 164 g/mol. The summed E-state index contributed by atoms with van der Waals surface area (Å²) in [5.41, 5.74) is 10.0. The van der Waals surface area contributed by atoms with E-state index in [-0.39, 0.29) is 0 Å². The van der Waals surface area contributed by atoms with Crippen LogP contribution in [0.1, 0.15) is 11.3 Å². The Morgan fingerprint density at radius 2 is 2.46 bits per heavy atom. The number of aromatic nitrogens is 1. The molecule has 0 atom stereocenters. The number of rotatable bonds is 3. The Morgan fingerprint density at radius 3 is 3.08 bits per heavy atom. The fourth-order valence-electron chi connectivity index (χ4n) is 0.835. The Kier molecular flexibility index (Phi) is 3.54. The lowest BCUT2D eigenvalue weighted by Crippen LogP contribution is -1.80. The number of azide groups is 1. The standard InChI is InChI=1S/C9H10N4/c1-8-4-5-9(11-7-8)3-2-6-12-13-10/h2-5,7H,6H2,1H3. The van der Waals surface area contributed by atoms with E-state index in [1.165, 1.54) is 0 Å². The van der Waals surface area contributed by atoms with Gasteiger partial charge in [0.05, 0.1) is 5.69 Å². The molecule has 0 saturated heterocycles. The van der Waals surface area contributed by atoms with Gasteiger partial charge in [0.1, 0.15) is 0 Å². The summed E-state index contributed by atoms with van der Waals surface area (Å²) in [6.07, 6.45) is 5.40. The molecule has 1 rings (SSSR count). The van der Waals surface area contributed by atoms with Crippen molar-refractivity contribution in [3.05, 3.63) is 46.1 Å². The first-order valence-electron chi connectivity index (χ1n) is 3.93. The molecule has 1 aromatic heterocycles. The molecule has 0 fully saturated rings. The van der Waals surface area contributed by atoms with Crippen molar-refractivity contribution in [2.45, 2.75) is 6.92 Å². The third-order valence-electron chi connectivity index (χ3n) is 1.47. The molecule has 4 nitrogen and oxygen atoms in total. The van der Waals surface area contributed by atoms with Crippen molar-refractivity contribution in [3.8, 4) is 0 Å². The van der Waals surface area contributed by atoms with Crippen LogP contribution in [0, 0.1) is 6.92 Å². The highest BCUT2D eigenvalue weighted by Crippen LogP contribution is 2.00. The minimum Gasteiger partial charge on any atom is -0.257 e. The average molecular weight is 174 g/mol. The normalized spacial score (nSPS) is 9.92. The monoisotopic (exact) mass is 174 g/mol. The predicted octanol–water partition coefficient (Wildman–Crippen LogP) is 2.71. The van der Waals surface area contributed by atoms with E-state index in [0.717, 1.165) is 11.3 Å². The summed E-state index contributed by atoms with van der Waals surface area (Å²) in [5.74, 6) is 0. The first-order chi connectivity index (χ1) is 6.33. The Bertz CT molecular complexity index is 333.